The van der Waals surface area contributed by atoms with Crippen molar-refractivity contribution in [2.45, 2.75) is 38.0 Å². The molecule has 2 aliphatic heterocycles. The average Bonchev–Trinajstić information content (AvgIpc) is 3.54. The van der Waals surface area contributed by atoms with E-state index in [0.29, 0.717) is 43.9 Å². The van der Waals surface area contributed by atoms with E-state index in [4.69, 9.17) is 4.74 Å². The van der Waals surface area contributed by atoms with Crippen molar-refractivity contribution in [3.8, 4) is 0 Å². The number of likely N-dealkylation sites (N-methyl/N-ethyl adjacent to an activating group) is 1. The Morgan fingerprint density at radius 2 is 2.00 bits per heavy atom. The van der Waals surface area contributed by atoms with Crippen molar-refractivity contribution in [3.05, 3.63) is 65.2 Å². The van der Waals surface area contributed by atoms with E-state index in [1.54, 1.807) is 20.2 Å². The van der Waals surface area contributed by atoms with Gasteiger partial charge in [-0.05, 0) is 47.7 Å². The minimum atomic E-state index is -0.799. The molecule has 3 heterocycles. The molecule has 10 nitrogen and oxygen atoms in total. The number of rotatable bonds is 6. The van der Waals surface area contributed by atoms with E-state index in [1.165, 1.54) is 15.8 Å². The first-order valence-corrected chi connectivity index (χ1v) is 11.9. The largest absolute Gasteiger partial charge is 0.380 e. The molecule has 0 unspecified atom stereocenters. The number of amides is 2. The van der Waals surface area contributed by atoms with Crippen LogP contribution in [0.2, 0.25) is 0 Å². The van der Waals surface area contributed by atoms with Gasteiger partial charge in [-0.25, -0.2) is 4.39 Å². The second-order valence-corrected chi connectivity index (χ2v) is 9.12. The van der Waals surface area contributed by atoms with Crippen molar-refractivity contribution in [2.24, 2.45) is 0 Å². The molecule has 188 valence electrons. The second kappa shape index (κ2) is 10.0. The molecular formula is C25H28FN7O3. The third-order valence-corrected chi connectivity index (χ3v) is 6.79. The fourth-order valence-corrected chi connectivity index (χ4v) is 4.77. The van der Waals surface area contributed by atoms with Crippen molar-refractivity contribution in [3.63, 3.8) is 0 Å². The molecule has 3 aromatic rings. The molecule has 36 heavy (non-hydrogen) atoms. The normalized spacial score (nSPS) is 19.8. The summed E-state index contributed by atoms with van der Waals surface area (Å²) < 4.78 is 20.4. The molecule has 0 bridgehead atoms. The highest BCUT2D eigenvalue weighted by atomic mass is 19.1. The van der Waals surface area contributed by atoms with Gasteiger partial charge in [0.1, 0.15) is 11.9 Å². The highest BCUT2D eigenvalue weighted by molar-refractivity contribution is 6.02. The zero-order valence-electron chi connectivity index (χ0n) is 20.2. The van der Waals surface area contributed by atoms with E-state index >= 15 is 4.39 Å². The quantitative estimate of drug-likeness (QED) is 0.558. The number of tetrazole rings is 1. The maximum absolute atomic E-state index is 15.0. The summed E-state index contributed by atoms with van der Waals surface area (Å²) in [7, 11) is 3.30. The minimum absolute atomic E-state index is 0.0569. The number of benzene rings is 2. The number of ether oxygens (including phenoxy) is 1. The van der Waals surface area contributed by atoms with Crippen molar-refractivity contribution >= 4 is 23.2 Å². The molecule has 11 heteroatoms. The van der Waals surface area contributed by atoms with Crippen molar-refractivity contribution in [1.82, 2.24) is 25.5 Å². The number of aryl methyl sites for hydroxylation is 1. The Kier molecular flexibility index (Phi) is 6.64. The number of carbonyl (C=O) groups excluding carboxylic acids is 2. The lowest BCUT2D eigenvalue weighted by molar-refractivity contribution is -0.120. The van der Waals surface area contributed by atoms with Crippen molar-refractivity contribution in [1.29, 1.82) is 0 Å². The lowest BCUT2D eigenvalue weighted by atomic mass is 10.0. The molecular weight excluding hydrogens is 465 g/mol. The third-order valence-electron chi connectivity index (χ3n) is 6.79. The Hall–Kier alpha value is -3.86. The molecule has 1 fully saturated rings. The lowest BCUT2D eigenvalue weighted by Gasteiger charge is -2.25. The number of methoxy groups -OCH3 is 1. The summed E-state index contributed by atoms with van der Waals surface area (Å²) in [5, 5.41) is 14.7. The van der Waals surface area contributed by atoms with Gasteiger partial charge in [0.2, 0.25) is 5.91 Å². The van der Waals surface area contributed by atoms with Gasteiger partial charge < -0.3 is 19.9 Å². The number of aromatic nitrogens is 4. The number of nitrogens with one attached hydrogen (secondary N) is 1. The topological polar surface area (TPSA) is 105 Å². The van der Waals surface area contributed by atoms with Gasteiger partial charge in [0, 0.05) is 32.9 Å². The van der Waals surface area contributed by atoms with Gasteiger partial charge in [-0.3, -0.25) is 9.59 Å². The molecule has 2 atom stereocenters. The summed E-state index contributed by atoms with van der Waals surface area (Å²) in [5.74, 6) is -1.31. The first-order chi connectivity index (χ1) is 17.4. The van der Waals surface area contributed by atoms with Gasteiger partial charge in [0.25, 0.3) is 11.7 Å². The van der Waals surface area contributed by atoms with Gasteiger partial charge in [0.05, 0.1) is 18.3 Å². The second-order valence-electron chi connectivity index (χ2n) is 9.12. The summed E-state index contributed by atoms with van der Waals surface area (Å²) in [5.41, 5.74) is 2.78. The van der Waals surface area contributed by atoms with E-state index in [0.717, 1.165) is 17.5 Å². The minimum Gasteiger partial charge on any atom is -0.380 e. The average molecular weight is 494 g/mol. The summed E-state index contributed by atoms with van der Waals surface area (Å²) in [6.45, 7) is 1.65. The predicted octanol–water partition coefficient (Wildman–Crippen LogP) is 1.79. The molecule has 0 aliphatic carbocycles. The number of anilines is 2. The molecule has 5 rings (SSSR count). The number of hydrogen-bond donors (Lipinski definition) is 1. The van der Waals surface area contributed by atoms with Gasteiger partial charge in [-0.2, -0.15) is 4.80 Å². The van der Waals surface area contributed by atoms with Gasteiger partial charge in [-0.15, -0.1) is 10.2 Å². The zero-order chi connectivity index (χ0) is 25.2. The summed E-state index contributed by atoms with van der Waals surface area (Å²) >= 11 is 0. The molecule has 1 aromatic heterocycles. The number of hydrogen-bond acceptors (Lipinski definition) is 7. The van der Waals surface area contributed by atoms with Crippen LogP contribution in [0.5, 0.6) is 0 Å². The van der Waals surface area contributed by atoms with Crippen LogP contribution < -0.4 is 15.1 Å². The molecule has 1 N–H and O–H groups in total. The van der Waals surface area contributed by atoms with Gasteiger partial charge in [0.15, 0.2) is 0 Å². The van der Waals surface area contributed by atoms with Crippen LogP contribution in [0, 0.1) is 5.82 Å². The van der Waals surface area contributed by atoms with E-state index in [-0.39, 0.29) is 23.7 Å². The van der Waals surface area contributed by atoms with Gasteiger partial charge in [-0.1, -0.05) is 30.3 Å². The number of halogens is 1. The first kappa shape index (κ1) is 23.9. The molecule has 2 amide bonds. The fraction of sp³-hybridized carbons (Fsp3) is 0.400. The number of fused-ring (bicyclic) bond motifs is 1. The molecule has 2 aliphatic rings. The predicted molar refractivity (Wildman–Crippen MR) is 130 cm³/mol. The van der Waals surface area contributed by atoms with Crippen LogP contribution in [-0.2, 0) is 22.5 Å². The van der Waals surface area contributed by atoms with Crippen LogP contribution in [0.25, 0.3) is 0 Å². The standard InChI is InChI=1S/C25H28FN7O3/c1-31-21-13-22(32-11-10-18(15-32)36-2)19(26)12-17(21)8-9-20(25(31)35)27-24(34)23-28-30-33(29-23)14-16-6-4-3-5-7-16/h3-7,12-13,18,20H,8-11,14-15H2,1-2H3,(H,27,34)/t18-,20-/m0/s1. The maximum Gasteiger partial charge on any atom is 0.293 e. The Bertz CT molecular complexity index is 1270. The van der Waals surface area contributed by atoms with Crippen LogP contribution in [0.4, 0.5) is 15.8 Å². The van der Waals surface area contributed by atoms with E-state index in [1.807, 2.05) is 35.2 Å². The highest BCUT2D eigenvalue weighted by Gasteiger charge is 2.32. The molecule has 0 spiro atoms. The maximum atomic E-state index is 15.0. The smallest absolute Gasteiger partial charge is 0.293 e. The summed E-state index contributed by atoms with van der Waals surface area (Å²) in [4.78, 5) is 30.8. The molecule has 0 radical (unpaired) electrons. The Labute approximate surface area is 208 Å². The van der Waals surface area contributed by atoms with Crippen molar-refractivity contribution in [2.75, 3.05) is 37.0 Å². The zero-order valence-corrected chi connectivity index (χ0v) is 20.2. The van der Waals surface area contributed by atoms with Crippen LogP contribution in [0.3, 0.4) is 0 Å². The summed E-state index contributed by atoms with van der Waals surface area (Å²) in [6, 6.07) is 12.0. The van der Waals surface area contributed by atoms with Crippen LogP contribution in [-0.4, -0.2) is 71.4 Å². The monoisotopic (exact) mass is 493 g/mol. The highest BCUT2D eigenvalue weighted by Crippen LogP contribution is 2.34. The first-order valence-electron chi connectivity index (χ1n) is 11.9. The third kappa shape index (κ3) is 4.78. The van der Waals surface area contributed by atoms with Crippen LogP contribution >= 0.6 is 0 Å². The lowest BCUT2D eigenvalue weighted by Crippen LogP contribution is -2.47. The van der Waals surface area contributed by atoms with E-state index < -0.39 is 11.9 Å². The van der Waals surface area contributed by atoms with E-state index in [2.05, 4.69) is 20.7 Å². The number of carbonyl (C=O) groups is 2. The molecule has 2 aromatic carbocycles. The Morgan fingerprint density at radius 1 is 1.19 bits per heavy atom. The van der Waals surface area contributed by atoms with Crippen LogP contribution in [0.1, 0.15) is 34.6 Å². The van der Waals surface area contributed by atoms with Crippen LogP contribution in [0.15, 0.2) is 42.5 Å². The molecule has 0 saturated carbocycles. The SMILES string of the molecule is CO[C@H]1CCN(c2cc3c(cc2F)CC[C@H](NC(=O)c2nnn(Cc4ccccc4)n2)C(=O)N3C)C1. The molecule has 1 saturated heterocycles. The van der Waals surface area contributed by atoms with Gasteiger partial charge >= 0.3 is 0 Å². The fourth-order valence-electron chi connectivity index (χ4n) is 4.77. The Balaban J connectivity index is 1.29. The van der Waals surface area contributed by atoms with E-state index in [9.17, 15) is 9.59 Å². The summed E-state index contributed by atoms with van der Waals surface area (Å²) in [6.07, 6.45) is 1.64. The number of nitrogens with zero attached hydrogens (tertiary/aromatic N) is 6. The Morgan fingerprint density at radius 3 is 2.75 bits per heavy atom. The van der Waals surface area contributed by atoms with Crippen molar-refractivity contribution < 1.29 is 18.7 Å².